The smallest absolute Gasteiger partial charge is 0.343 e. The molecule has 0 atom stereocenters. The average molecular weight is 341 g/mol. The van der Waals surface area contributed by atoms with Crippen LogP contribution >= 0.6 is 0 Å². The van der Waals surface area contributed by atoms with Crippen LogP contribution in [0, 0.1) is 37.2 Å². The molecule has 0 aliphatic rings. The van der Waals surface area contributed by atoms with Crippen molar-refractivity contribution in [2.75, 3.05) is 0 Å². The molecule has 1 aromatic rings. The first-order valence-electron chi connectivity index (χ1n) is 6.86. The van der Waals surface area contributed by atoms with Crippen molar-refractivity contribution in [3.8, 4) is 6.07 Å². The van der Waals surface area contributed by atoms with Crippen molar-refractivity contribution in [3.05, 3.63) is 54.3 Å². The van der Waals surface area contributed by atoms with E-state index in [9.17, 15) is 0 Å². The largest absolute Gasteiger partial charge is 3.00 e. The molecule has 102 valence electrons. The van der Waals surface area contributed by atoms with Gasteiger partial charge in [0.2, 0.25) is 0 Å². The van der Waals surface area contributed by atoms with Crippen molar-refractivity contribution in [1.29, 1.82) is 5.26 Å². The molecule has 1 rings (SSSR count). The molecule has 2 heteroatoms. The Morgan fingerprint density at radius 1 is 1.25 bits per heavy atom. The normalized spacial score (nSPS) is 11.1. The van der Waals surface area contributed by atoms with E-state index in [1.807, 2.05) is 19.9 Å². The molecule has 0 aliphatic carbocycles. The van der Waals surface area contributed by atoms with Gasteiger partial charge in [0.05, 0.1) is 6.07 Å². The molecule has 0 aliphatic heterocycles. The Balaban J connectivity index is 0.00000361. The van der Waals surface area contributed by atoms with Crippen LogP contribution in [0.4, 0.5) is 0 Å². The van der Waals surface area contributed by atoms with Crippen LogP contribution in [0.2, 0.25) is 0 Å². The standard InChI is InChI=1S/C18H22N.Y/c1-5-7-15-9-16(8-6-2)11-17(10-15)12-18(13-19)14(3)4;/h10-12,14H,1-2,5-8H2,3-4H3;/q-3;+3/b18-12-;. The summed E-state index contributed by atoms with van der Waals surface area (Å²) in [6.45, 7) is 11.9. The van der Waals surface area contributed by atoms with Gasteiger partial charge in [0, 0.05) is 5.57 Å². The van der Waals surface area contributed by atoms with Gasteiger partial charge >= 0.3 is 32.7 Å². The number of aryl methyl sites for hydroxylation is 2. The van der Waals surface area contributed by atoms with Gasteiger partial charge in [-0.25, -0.2) is 0 Å². The zero-order valence-corrected chi connectivity index (χ0v) is 15.4. The summed E-state index contributed by atoms with van der Waals surface area (Å²) in [5.41, 5.74) is 4.25. The van der Waals surface area contributed by atoms with Crippen LogP contribution in [0.15, 0.2) is 17.7 Å². The van der Waals surface area contributed by atoms with Crippen molar-refractivity contribution in [2.45, 2.75) is 39.5 Å². The average Bonchev–Trinajstić information content (AvgIpc) is 2.36. The number of nitrogens with zero attached hydrogens (tertiary/aromatic N) is 1. The Morgan fingerprint density at radius 3 is 2.10 bits per heavy atom. The van der Waals surface area contributed by atoms with Gasteiger partial charge in [-0.15, -0.1) is 5.56 Å². The quantitative estimate of drug-likeness (QED) is 0.549. The first-order valence-corrected chi connectivity index (χ1v) is 6.86. The summed E-state index contributed by atoms with van der Waals surface area (Å²) < 4.78 is 0. The predicted molar refractivity (Wildman–Crippen MR) is 81.1 cm³/mol. The van der Waals surface area contributed by atoms with E-state index in [1.54, 1.807) is 0 Å². The fraction of sp³-hybridized carbons (Fsp3) is 0.389. The molecule has 0 heterocycles. The fourth-order valence-electron chi connectivity index (χ4n) is 1.96. The van der Waals surface area contributed by atoms with Gasteiger partial charge < -0.3 is 13.8 Å². The monoisotopic (exact) mass is 341 g/mol. The van der Waals surface area contributed by atoms with E-state index in [2.05, 4.69) is 38.1 Å². The predicted octanol–water partition coefficient (Wildman–Crippen LogP) is 4.58. The summed E-state index contributed by atoms with van der Waals surface area (Å²) in [6.07, 6.45) is 5.56. The second-order valence-electron chi connectivity index (χ2n) is 5.04. The zero-order valence-electron chi connectivity index (χ0n) is 12.6. The third kappa shape index (κ3) is 6.34. The second kappa shape index (κ2) is 10.3. The molecule has 0 fully saturated rings. The van der Waals surface area contributed by atoms with Crippen LogP contribution in [0.5, 0.6) is 0 Å². The molecule has 0 radical (unpaired) electrons. The third-order valence-electron chi connectivity index (χ3n) is 2.97. The van der Waals surface area contributed by atoms with E-state index in [0.717, 1.165) is 36.8 Å². The van der Waals surface area contributed by atoms with Crippen molar-refractivity contribution in [3.63, 3.8) is 0 Å². The van der Waals surface area contributed by atoms with Gasteiger partial charge in [0.15, 0.2) is 0 Å². The van der Waals surface area contributed by atoms with Gasteiger partial charge in [-0.05, 0) is 5.92 Å². The number of nitriles is 1. The minimum absolute atomic E-state index is 0. The van der Waals surface area contributed by atoms with Gasteiger partial charge in [-0.3, -0.25) is 0 Å². The Labute approximate surface area is 149 Å². The number of hydrogen-bond acceptors (Lipinski definition) is 1. The van der Waals surface area contributed by atoms with Gasteiger partial charge in [0.1, 0.15) is 0 Å². The number of rotatable bonds is 6. The minimum atomic E-state index is 0. The SMILES string of the molecule is [CH2-]CCc1[c-]c(CC[CH2-])cc(/C=C(/C#N)C(C)C)c1.[Y+3]. The molecule has 0 aromatic heterocycles. The van der Waals surface area contributed by atoms with Gasteiger partial charge in [-0.2, -0.15) is 47.4 Å². The second-order valence-corrected chi connectivity index (χ2v) is 5.04. The molecular weight excluding hydrogens is 319 g/mol. The third-order valence-corrected chi connectivity index (χ3v) is 2.97. The van der Waals surface area contributed by atoms with E-state index in [4.69, 9.17) is 5.26 Å². The Bertz CT molecular complexity index is 456. The molecule has 0 bridgehead atoms. The van der Waals surface area contributed by atoms with E-state index >= 15 is 0 Å². The fourth-order valence-corrected chi connectivity index (χ4v) is 1.96. The van der Waals surface area contributed by atoms with E-state index in [-0.39, 0.29) is 38.6 Å². The number of hydrogen-bond donors (Lipinski definition) is 0. The van der Waals surface area contributed by atoms with Gasteiger partial charge in [-0.1, -0.05) is 32.8 Å². The molecule has 1 nitrogen and oxygen atoms in total. The molecule has 20 heavy (non-hydrogen) atoms. The maximum absolute atomic E-state index is 9.16. The minimum Gasteiger partial charge on any atom is -0.343 e. The maximum atomic E-state index is 9.16. The summed E-state index contributed by atoms with van der Waals surface area (Å²) in [4.78, 5) is 0. The van der Waals surface area contributed by atoms with E-state index in [1.165, 1.54) is 11.1 Å². The maximum Gasteiger partial charge on any atom is 3.00 e. The van der Waals surface area contributed by atoms with Crippen molar-refractivity contribution in [1.82, 2.24) is 0 Å². The van der Waals surface area contributed by atoms with E-state index < -0.39 is 0 Å². The first kappa shape index (κ1) is 19.6. The molecule has 0 saturated heterocycles. The summed E-state index contributed by atoms with van der Waals surface area (Å²) in [5, 5.41) is 9.16. The van der Waals surface area contributed by atoms with Crippen molar-refractivity contribution >= 4 is 6.08 Å². The Hall–Kier alpha value is -0.446. The zero-order chi connectivity index (χ0) is 14.3. The van der Waals surface area contributed by atoms with Crippen LogP contribution in [0.1, 0.15) is 43.4 Å². The van der Waals surface area contributed by atoms with Gasteiger partial charge in [0.25, 0.3) is 0 Å². The molecule has 1 aromatic carbocycles. The summed E-state index contributed by atoms with van der Waals surface area (Å²) in [5.74, 6) is 0.252. The Morgan fingerprint density at radius 2 is 1.75 bits per heavy atom. The number of benzene rings is 1. The summed E-state index contributed by atoms with van der Waals surface area (Å²) in [6, 6.07) is 9.91. The van der Waals surface area contributed by atoms with Crippen LogP contribution in [0.25, 0.3) is 6.08 Å². The topological polar surface area (TPSA) is 23.8 Å². The van der Waals surface area contributed by atoms with Crippen LogP contribution in [-0.2, 0) is 45.6 Å². The molecule has 0 amide bonds. The molecule has 0 saturated carbocycles. The van der Waals surface area contributed by atoms with Crippen LogP contribution < -0.4 is 0 Å². The van der Waals surface area contributed by atoms with Crippen LogP contribution in [-0.4, -0.2) is 0 Å². The molecule has 0 spiro atoms. The summed E-state index contributed by atoms with van der Waals surface area (Å²) >= 11 is 0. The first-order chi connectivity index (χ1) is 9.10. The summed E-state index contributed by atoms with van der Waals surface area (Å²) in [7, 11) is 0. The Kier molecular flexibility index (Phi) is 10.1. The van der Waals surface area contributed by atoms with Crippen molar-refractivity contribution < 1.29 is 32.7 Å². The number of allylic oxidation sites excluding steroid dienone is 1. The molecule has 0 N–H and O–H groups in total. The van der Waals surface area contributed by atoms with Crippen LogP contribution in [0.3, 0.4) is 0 Å². The molecular formula is C18H22NY. The molecule has 0 unspecified atom stereocenters. The van der Waals surface area contributed by atoms with Crippen molar-refractivity contribution in [2.24, 2.45) is 5.92 Å². The van der Waals surface area contributed by atoms with E-state index in [0.29, 0.717) is 0 Å².